The van der Waals surface area contributed by atoms with Gasteiger partial charge in [-0.15, -0.1) is 0 Å². The normalized spacial score (nSPS) is 12.7. The van der Waals surface area contributed by atoms with Crippen molar-refractivity contribution in [2.75, 3.05) is 18.5 Å². The molecule has 0 bridgehead atoms. The Morgan fingerprint density at radius 2 is 2.09 bits per heavy atom. The summed E-state index contributed by atoms with van der Waals surface area (Å²) in [4.78, 5) is 7.03. The number of aryl methyl sites for hydroxylation is 1. The number of aliphatic hydroxyl groups is 1. The van der Waals surface area contributed by atoms with Crippen LogP contribution in [-0.4, -0.2) is 34.3 Å². The smallest absolute Gasteiger partial charge is 0.433 e. The average Bonchev–Trinajstić information content (AvgIpc) is 2.50. The van der Waals surface area contributed by atoms with Crippen molar-refractivity contribution in [3.63, 3.8) is 0 Å². The van der Waals surface area contributed by atoms with Crippen molar-refractivity contribution < 1.29 is 23.0 Å². The highest BCUT2D eigenvalue weighted by atomic mass is 19.4. The van der Waals surface area contributed by atoms with E-state index in [1.54, 1.807) is 6.07 Å². The molecule has 2 rings (SSSR count). The van der Waals surface area contributed by atoms with Crippen LogP contribution in [0.2, 0.25) is 0 Å². The number of hydrogen-bond donors (Lipinski definition) is 2. The monoisotopic (exact) mass is 327 g/mol. The minimum atomic E-state index is -4.54. The van der Waals surface area contributed by atoms with Crippen LogP contribution in [0.3, 0.4) is 0 Å². The molecule has 0 aliphatic carbocycles. The number of halogens is 3. The standard InChI is InChI=1S/C15H16F3N3O2/c1-10-3-2-4-12(7-10)23-9-11(22)8-20-14-19-6-5-13(21-14)15(16,17)18/h2-7,11,22H,8-9H2,1H3,(H,19,20,21). The van der Waals surface area contributed by atoms with Crippen molar-refractivity contribution in [2.24, 2.45) is 0 Å². The minimum Gasteiger partial charge on any atom is -0.491 e. The van der Waals surface area contributed by atoms with Crippen LogP contribution in [0.25, 0.3) is 0 Å². The van der Waals surface area contributed by atoms with Crippen molar-refractivity contribution in [1.29, 1.82) is 0 Å². The maximum absolute atomic E-state index is 12.5. The molecule has 0 aliphatic rings. The summed E-state index contributed by atoms with van der Waals surface area (Å²) in [5.74, 6) is 0.411. The fourth-order valence-electron chi connectivity index (χ4n) is 1.77. The summed E-state index contributed by atoms with van der Waals surface area (Å²) >= 11 is 0. The minimum absolute atomic E-state index is 0.00455. The van der Waals surface area contributed by atoms with Gasteiger partial charge in [0, 0.05) is 12.7 Å². The molecule has 8 heteroatoms. The molecule has 1 aromatic carbocycles. The molecule has 0 saturated heterocycles. The van der Waals surface area contributed by atoms with Crippen LogP contribution in [-0.2, 0) is 6.18 Å². The molecule has 124 valence electrons. The third-order valence-corrected chi connectivity index (χ3v) is 2.87. The predicted octanol–water partition coefficient (Wildman–Crippen LogP) is 2.66. The lowest BCUT2D eigenvalue weighted by molar-refractivity contribution is -0.141. The second-order valence-electron chi connectivity index (χ2n) is 4.93. The Morgan fingerprint density at radius 1 is 1.30 bits per heavy atom. The Labute approximate surface area is 131 Å². The van der Waals surface area contributed by atoms with Gasteiger partial charge in [0.2, 0.25) is 5.95 Å². The van der Waals surface area contributed by atoms with E-state index >= 15 is 0 Å². The average molecular weight is 327 g/mol. The number of ether oxygens (including phenoxy) is 1. The first-order valence-corrected chi connectivity index (χ1v) is 6.86. The zero-order chi connectivity index (χ0) is 16.9. The largest absolute Gasteiger partial charge is 0.491 e. The molecule has 2 aromatic rings. The van der Waals surface area contributed by atoms with Crippen LogP contribution in [0.4, 0.5) is 19.1 Å². The summed E-state index contributed by atoms with van der Waals surface area (Å²) in [6, 6.07) is 8.09. The first kappa shape index (κ1) is 17.0. The van der Waals surface area contributed by atoms with Crippen LogP contribution in [0.5, 0.6) is 5.75 Å². The molecular formula is C15H16F3N3O2. The van der Waals surface area contributed by atoms with Gasteiger partial charge >= 0.3 is 6.18 Å². The molecule has 2 N–H and O–H groups in total. The number of nitrogens with one attached hydrogen (secondary N) is 1. The van der Waals surface area contributed by atoms with Gasteiger partial charge in [-0.05, 0) is 30.7 Å². The zero-order valence-corrected chi connectivity index (χ0v) is 12.3. The van der Waals surface area contributed by atoms with Crippen LogP contribution in [0.15, 0.2) is 36.5 Å². The van der Waals surface area contributed by atoms with E-state index in [9.17, 15) is 18.3 Å². The molecular weight excluding hydrogens is 311 g/mol. The Kier molecular flexibility index (Phi) is 5.38. The predicted molar refractivity (Wildman–Crippen MR) is 78.2 cm³/mol. The first-order chi connectivity index (χ1) is 10.8. The van der Waals surface area contributed by atoms with E-state index in [0.29, 0.717) is 5.75 Å². The SMILES string of the molecule is Cc1cccc(OCC(O)CNc2nccc(C(F)(F)F)n2)c1. The molecule has 0 spiro atoms. The van der Waals surface area contributed by atoms with Gasteiger partial charge in [0.1, 0.15) is 24.2 Å². The van der Waals surface area contributed by atoms with Crippen molar-refractivity contribution in [2.45, 2.75) is 19.2 Å². The number of aromatic nitrogens is 2. The first-order valence-electron chi connectivity index (χ1n) is 6.86. The van der Waals surface area contributed by atoms with Gasteiger partial charge in [-0.3, -0.25) is 0 Å². The summed E-state index contributed by atoms with van der Waals surface area (Å²) in [5.41, 5.74) is -0.0204. The molecule has 0 fully saturated rings. The van der Waals surface area contributed by atoms with Gasteiger partial charge in [-0.2, -0.15) is 13.2 Å². The number of benzene rings is 1. The summed E-state index contributed by atoms with van der Waals surface area (Å²) in [6.45, 7) is 1.87. The second kappa shape index (κ2) is 7.28. The van der Waals surface area contributed by atoms with Crippen molar-refractivity contribution in [3.05, 3.63) is 47.8 Å². The molecule has 1 aromatic heterocycles. The van der Waals surface area contributed by atoms with Crippen LogP contribution in [0.1, 0.15) is 11.3 Å². The number of aliphatic hydroxyl groups excluding tert-OH is 1. The molecule has 0 saturated carbocycles. The Morgan fingerprint density at radius 3 is 2.78 bits per heavy atom. The highest BCUT2D eigenvalue weighted by molar-refractivity contribution is 5.28. The lowest BCUT2D eigenvalue weighted by Gasteiger charge is -2.14. The van der Waals surface area contributed by atoms with Crippen molar-refractivity contribution >= 4 is 5.95 Å². The summed E-state index contributed by atoms with van der Waals surface area (Å²) in [7, 11) is 0. The highest BCUT2D eigenvalue weighted by Crippen LogP contribution is 2.27. The number of hydrogen-bond acceptors (Lipinski definition) is 5. The van der Waals surface area contributed by atoms with Gasteiger partial charge in [-0.25, -0.2) is 9.97 Å². The molecule has 0 aliphatic heterocycles. The van der Waals surface area contributed by atoms with Gasteiger partial charge in [0.15, 0.2) is 0 Å². The van der Waals surface area contributed by atoms with E-state index in [2.05, 4.69) is 15.3 Å². The van der Waals surface area contributed by atoms with E-state index in [0.717, 1.165) is 17.8 Å². The fourth-order valence-corrected chi connectivity index (χ4v) is 1.77. The Balaban J connectivity index is 1.83. The molecule has 5 nitrogen and oxygen atoms in total. The molecule has 1 heterocycles. The molecule has 1 atom stereocenters. The number of alkyl halides is 3. The summed E-state index contributed by atoms with van der Waals surface area (Å²) in [5, 5.41) is 12.4. The molecule has 0 amide bonds. The van der Waals surface area contributed by atoms with E-state index in [1.165, 1.54) is 0 Å². The fraction of sp³-hybridized carbons (Fsp3) is 0.333. The maximum atomic E-state index is 12.5. The van der Waals surface area contributed by atoms with Gasteiger partial charge < -0.3 is 15.2 Å². The van der Waals surface area contributed by atoms with Crippen LogP contribution in [0, 0.1) is 6.92 Å². The Bertz CT molecular complexity index is 650. The quantitative estimate of drug-likeness (QED) is 0.854. The summed E-state index contributed by atoms with van der Waals surface area (Å²) in [6.07, 6.45) is -4.45. The maximum Gasteiger partial charge on any atom is 0.433 e. The zero-order valence-electron chi connectivity index (χ0n) is 12.3. The highest BCUT2D eigenvalue weighted by Gasteiger charge is 2.32. The third kappa shape index (κ3) is 5.41. The molecule has 1 unspecified atom stereocenters. The lowest BCUT2D eigenvalue weighted by Crippen LogP contribution is -2.27. The van der Waals surface area contributed by atoms with Gasteiger partial charge in [0.25, 0.3) is 0 Å². The Hall–Kier alpha value is -2.35. The molecule has 23 heavy (non-hydrogen) atoms. The number of anilines is 1. The van der Waals surface area contributed by atoms with Crippen LogP contribution < -0.4 is 10.1 Å². The number of rotatable bonds is 6. The van der Waals surface area contributed by atoms with E-state index < -0.39 is 18.0 Å². The lowest BCUT2D eigenvalue weighted by atomic mass is 10.2. The van der Waals surface area contributed by atoms with Crippen molar-refractivity contribution in [1.82, 2.24) is 9.97 Å². The van der Waals surface area contributed by atoms with E-state index in [-0.39, 0.29) is 19.1 Å². The van der Waals surface area contributed by atoms with E-state index in [4.69, 9.17) is 4.74 Å². The molecule has 0 radical (unpaired) electrons. The third-order valence-electron chi connectivity index (χ3n) is 2.87. The van der Waals surface area contributed by atoms with Crippen LogP contribution >= 0.6 is 0 Å². The summed E-state index contributed by atoms with van der Waals surface area (Å²) < 4.78 is 43.0. The van der Waals surface area contributed by atoms with Crippen molar-refractivity contribution in [3.8, 4) is 5.75 Å². The van der Waals surface area contributed by atoms with Gasteiger partial charge in [-0.1, -0.05) is 12.1 Å². The topological polar surface area (TPSA) is 67.3 Å². The van der Waals surface area contributed by atoms with Gasteiger partial charge in [0.05, 0.1) is 0 Å². The second-order valence-corrected chi connectivity index (χ2v) is 4.93. The van der Waals surface area contributed by atoms with E-state index in [1.807, 2.05) is 25.1 Å². The number of nitrogens with zero attached hydrogens (tertiary/aromatic N) is 2.